The van der Waals surface area contributed by atoms with Crippen molar-refractivity contribution in [3.8, 4) is 55.8 Å². The highest BCUT2D eigenvalue weighted by Gasteiger charge is 2.27. The Morgan fingerprint density at radius 3 is 1.14 bits per heavy atom. The number of likely N-dealkylation sites (N-methyl/N-ethyl adjacent to an activating group) is 2. The van der Waals surface area contributed by atoms with Gasteiger partial charge in [0.2, 0.25) is 0 Å². The van der Waals surface area contributed by atoms with E-state index in [9.17, 15) is 24.0 Å². The van der Waals surface area contributed by atoms with Gasteiger partial charge in [0.25, 0.3) is 59.6 Å². The molecule has 14 heterocycles. The van der Waals surface area contributed by atoms with Gasteiger partial charge < -0.3 is 108 Å². The summed E-state index contributed by atoms with van der Waals surface area (Å²) in [5, 5.41) is 51.7. The highest BCUT2D eigenvalue weighted by atomic mass is 35.5. The molecule has 4 aliphatic rings. The number of nitrogens with two attached hydrogens (primary N) is 5. The van der Waals surface area contributed by atoms with Crippen LogP contribution < -0.4 is 76.5 Å². The van der Waals surface area contributed by atoms with Crippen molar-refractivity contribution in [2.45, 2.75) is 83.6 Å². The number of hydrogen-bond acceptors (Lipinski definition) is 31. The minimum atomic E-state index is -0.500. The van der Waals surface area contributed by atoms with Gasteiger partial charge in [0.05, 0.1) is 109 Å². The zero-order chi connectivity index (χ0) is 98.5. The Morgan fingerprint density at radius 2 is 0.764 bits per heavy atom. The topological polar surface area (TPSA) is 554 Å². The van der Waals surface area contributed by atoms with Crippen LogP contribution in [0.2, 0.25) is 25.1 Å². The standard InChI is InChI=1S/C20H24ClN7O2.C19H18ClN7O2.C19H21ClN6O2.C18H19ClN6O2.C17H19ClN6O2/c1-26-4-6-27(7-5-26)8-9-28-12-15(11-23-28)14-2-3-16(21)17(10-14)24-19(29)18-13-30-20(22)25-18;1-22-17-13(9-27(26-17)12-4-6-23-7-5-12)11-2-3-14(20)15(8-11)24-18(28)16-10-29-19(21)25-16;1-11-14(9-26(25-11)13-4-6-22-7-5-13)12-2-3-15(20)16(8-12)23-18(27)17-10-28-19(21)24-17;19-13-2-1-11(9-15(13)22-17(26)16-10-27-18(20)23-16)14-5-8-25(24-14)12-3-6-21-7-4-12;1-2-20-5-6-24-9-12(8-21-24)11-3-4-13(18)14(7-11)22-16(25)15-10-26-17(19)23-15/h2-3,10-13H,4-9H2,1H3,(H2,22,25)(H,24,29);2-3,8-10,12,23H,4-7H2,(H2,21,25)(H,24,28);2-3,8-10,13,22H,4-7H2,1H3,(H2,21,24)(H,23,27);1-2,5,8-10,12,21H,3-4,6-7H2,(H2,20,23)(H,22,26);3-4,7-10,20H,2,5-6H2,1H3,(H2,19,23)(H,22,25). The Morgan fingerprint density at radius 1 is 0.421 bits per heavy atom. The molecule has 19 N–H and O–H groups in total. The molecule has 47 heteroatoms. The van der Waals surface area contributed by atoms with Crippen LogP contribution >= 0.6 is 58.0 Å². The normalized spacial score (nSPS) is 14.2. The maximum Gasteiger partial charge on any atom is 0.303 e. The molecule has 15 aromatic rings. The lowest BCUT2D eigenvalue weighted by Gasteiger charge is -2.32. The van der Waals surface area contributed by atoms with Gasteiger partial charge in [-0.2, -0.15) is 50.0 Å². The SMILES string of the molecule is CCNCCn1cc(-c2ccc(Cl)c(NC(=O)c3coc(N)n3)c2)cn1.CN1CCN(CCn2cc(-c3ccc(Cl)c(NC(=O)c4coc(N)n4)c3)cn2)CC1.Cc1nn(C2CCNCC2)cc1-c1ccc(Cl)c(NC(=O)c2coc(N)n2)c1.Nc1nc(C(=O)Nc2cc(-c3ccn(C4CCNCC4)n3)ccc2Cl)co1.[C-]#[N+]c1nn(C2CCNCC2)cc1-c1ccc(Cl)c(NC(=O)c2coc(N)n2)c1. The van der Waals surface area contributed by atoms with Crippen molar-refractivity contribution in [1.82, 2.24) is 105 Å². The van der Waals surface area contributed by atoms with E-state index in [-0.39, 0.29) is 64.6 Å². The molecule has 140 heavy (non-hydrogen) atoms. The number of carbonyl (C=O) groups excluding carboxylic acids is 5. The van der Waals surface area contributed by atoms with E-state index in [1.54, 1.807) is 60.8 Å². The predicted molar refractivity (Wildman–Crippen MR) is 535 cm³/mol. The van der Waals surface area contributed by atoms with Crippen LogP contribution in [0.1, 0.15) is 122 Å². The van der Waals surface area contributed by atoms with Crippen LogP contribution in [0.3, 0.4) is 0 Å². The van der Waals surface area contributed by atoms with E-state index in [0.29, 0.717) is 77.0 Å². The summed E-state index contributed by atoms with van der Waals surface area (Å²) in [6, 6.07) is 29.6. The van der Waals surface area contributed by atoms with Crippen molar-refractivity contribution in [3.63, 3.8) is 0 Å². The first-order valence-electron chi connectivity index (χ1n) is 44.7. The molecule has 728 valence electrons. The zero-order valence-electron chi connectivity index (χ0n) is 76.2. The van der Waals surface area contributed by atoms with Gasteiger partial charge in [0.1, 0.15) is 31.3 Å². The number of aromatic nitrogens is 15. The molecule has 5 aromatic carbocycles. The molecular weight excluding hydrogens is 1900 g/mol. The minimum absolute atomic E-state index is 0.0459. The van der Waals surface area contributed by atoms with Gasteiger partial charge in [0, 0.05) is 98.1 Å². The minimum Gasteiger partial charge on any atom is -0.431 e. The average Bonchev–Trinajstić information content (AvgIpc) is 1.65. The first kappa shape index (κ1) is 99.7. The second-order valence-electron chi connectivity index (χ2n) is 32.8. The molecule has 0 atom stereocenters. The Bertz CT molecular complexity index is 6850. The third-order valence-electron chi connectivity index (χ3n) is 23.1. The van der Waals surface area contributed by atoms with Crippen LogP contribution in [0, 0.1) is 13.5 Å². The second kappa shape index (κ2) is 47.1. The smallest absolute Gasteiger partial charge is 0.303 e. The summed E-state index contributed by atoms with van der Waals surface area (Å²) in [6.07, 6.45) is 25.6. The van der Waals surface area contributed by atoms with Gasteiger partial charge >= 0.3 is 5.82 Å². The number of piperazine rings is 1. The fourth-order valence-corrected chi connectivity index (χ4v) is 16.3. The van der Waals surface area contributed by atoms with Gasteiger partial charge in [-0.3, -0.25) is 47.6 Å². The molecule has 5 amide bonds. The van der Waals surface area contributed by atoms with Crippen LogP contribution in [0.5, 0.6) is 0 Å². The fourth-order valence-electron chi connectivity index (χ4n) is 15.5. The van der Waals surface area contributed by atoms with Crippen LogP contribution in [0.25, 0.3) is 60.6 Å². The Hall–Kier alpha value is -14.8. The van der Waals surface area contributed by atoms with Crippen molar-refractivity contribution < 1.29 is 46.1 Å². The summed E-state index contributed by atoms with van der Waals surface area (Å²) in [4.78, 5) is 88.9. The lowest BCUT2D eigenvalue weighted by molar-refractivity contribution is 0.101. The number of rotatable bonds is 25. The largest absolute Gasteiger partial charge is 0.431 e. The number of nitrogen functional groups attached to an aromatic ring is 5. The van der Waals surface area contributed by atoms with E-state index in [4.69, 9.17) is 126 Å². The van der Waals surface area contributed by atoms with E-state index in [2.05, 4.69) is 128 Å². The van der Waals surface area contributed by atoms with Gasteiger partial charge in [0.15, 0.2) is 28.5 Å². The van der Waals surface area contributed by atoms with Crippen molar-refractivity contribution in [3.05, 3.63) is 242 Å². The van der Waals surface area contributed by atoms with Gasteiger partial charge in [-0.1, -0.05) is 102 Å². The van der Waals surface area contributed by atoms with Gasteiger partial charge in [-0.15, -0.1) is 0 Å². The molecule has 0 unspecified atom stereocenters. The summed E-state index contributed by atoms with van der Waals surface area (Å²) < 4.78 is 34.1. The van der Waals surface area contributed by atoms with Crippen molar-refractivity contribution in [2.24, 2.45) is 0 Å². The van der Waals surface area contributed by atoms with Crippen molar-refractivity contribution in [1.29, 1.82) is 0 Å². The zero-order valence-corrected chi connectivity index (χ0v) is 79.9. The highest BCUT2D eigenvalue weighted by Crippen LogP contribution is 2.39. The van der Waals surface area contributed by atoms with Crippen LogP contribution in [-0.4, -0.2) is 205 Å². The third-order valence-corrected chi connectivity index (χ3v) is 24.7. The lowest BCUT2D eigenvalue weighted by Crippen LogP contribution is -2.45. The van der Waals surface area contributed by atoms with E-state index < -0.39 is 29.5 Å². The first-order valence-corrected chi connectivity index (χ1v) is 46.6. The van der Waals surface area contributed by atoms with E-state index >= 15 is 0 Å². The molecule has 4 aliphatic heterocycles. The van der Waals surface area contributed by atoms with Crippen LogP contribution in [0.4, 0.5) is 64.3 Å². The quantitative estimate of drug-likeness (QED) is 0.0187. The second-order valence-corrected chi connectivity index (χ2v) is 34.8. The Kier molecular flexibility index (Phi) is 33.5. The number of oxazole rings is 5. The molecule has 42 nitrogen and oxygen atoms in total. The summed E-state index contributed by atoms with van der Waals surface area (Å²) in [5.41, 5.74) is 39.4. The number of amides is 5. The molecule has 0 bridgehead atoms. The number of piperidine rings is 3. The molecule has 0 spiro atoms. The van der Waals surface area contributed by atoms with Crippen LogP contribution in [-0.2, 0) is 13.1 Å². The first-order chi connectivity index (χ1) is 67.7. The monoisotopic (exact) mass is 2000 g/mol. The van der Waals surface area contributed by atoms with Gasteiger partial charge in [-0.05, 0) is 192 Å². The number of halogens is 5. The summed E-state index contributed by atoms with van der Waals surface area (Å²) in [7, 11) is 2.15. The summed E-state index contributed by atoms with van der Waals surface area (Å²) in [6.45, 7) is 26.1. The molecule has 4 fully saturated rings. The van der Waals surface area contributed by atoms with E-state index in [1.165, 1.54) is 31.3 Å². The Balaban J connectivity index is 0.000000132. The lowest BCUT2D eigenvalue weighted by atomic mass is 10.1. The summed E-state index contributed by atoms with van der Waals surface area (Å²) >= 11 is 31.2. The predicted octanol–water partition coefficient (Wildman–Crippen LogP) is 14.6. The molecule has 0 aliphatic carbocycles. The van der Waals surface area contributed by atoms with Crippen LogP contribution in [0.15, 0.2) is 194 Å². The number of nitrogens with zero attached hydrogens (tertiary/aromatic N) is 18. The third kappa shape index (κ3) is 26.4. The number of carbonyl (C=O) groups is 5. The molecule has 0 radical (unpaired) electrons. The molecule has 19 rings (SSSR count). The maximum absolute atomic E-state index is 12.3. The fraction of sp³-hybridized carbons (Fsp3) is 0.290. The van der Waals surface area contributed by atoms with E-state index in [1.807, 2.05) is 99.1 Å². The number of anilines is 10. The molecule has 0 saturated carbocycles. The average molecular weight is 2000 g/mol. The summed E-state index contributed by atoms with van der Waals surface area (Å²) in [5.74, 6) is -1.98. The number of benzene rings is 5. The Labute approximate surface area is 826 Å². The highest BCUT2D eigenvalue weighted by molar-refractivity contribution is 6.36. The van der Waals surface area contributed by atoms with E-state index in [0.717, 1.165) is 193 Å². The molecular formula is C93H101Cl5N32O10. The van der Waals surface area contributed by atoms with Gasteiger partial charge in [-0.25, -0.2) is 0 Å². The molecule has 10 aromatic heterocycles. The number of aryl methyl sites for hydroxylation is 1. The molecule has 4 saturated heterocycles. The number of hydrogen-bond donors (Lipinski definition) is 14. The number of nitrogens with one attached hydrogen (secondary N) is 9. The van der Waals surface area contributed by atoms with Crippen molar-refractivity contribution >= 4 is 152 Å². The van der Waals surface area contributed by atoms with Crippen molar-refractivity contribution in [2.75, 3.05) is 147 Å². The maximum atomic E-state index is 12.3.